The number of fused-ring (bicyclic) bond motifs is 1. The van der Waals surface area contributed by atoms with Crippen molar-refractivity contribution in [3.8, 4) is 0 Å². The van der Waals surface area contributed by atoms with Crippen molar-refractivity contribution in [2.45, 2.75) is 26.2 Å². The molecule has 6 heteroatoms. The largest absolute Gasteiger partial charge is 0.376 e. The van der Waals surface area contributed by atoms with Crippen molar-refractivity contribution in [2.24, 2.45) is 5.92 Å². The summed E-state index contributed by atoms with van der Waals surface area (Å²) < 4.78 is 8.25. The summed E-state index contributed by atoms with van der Waals surface area (Å²) in [5.41, 5.74) is 3.50. The third kappa shape index (κ3) is 4.33. The Labute approximate surface area is 153 Å². The van der Waals surface area contributed by atoms with Crippen LogP contribution in [0.1, 0.15) is 17.0 Å². The Bertz CT molecular complexity index is 805. The third-order valence-corrected chi connectivity index (χ3v) is 4.64. The average Bonchev–Trinajstić information content (AvgIpc) is 3.03. The van der Waals surface area contributed by atoms with Crippen molar-refractivity contribution in [3.63, 3.8) is 0 Å². The first-order chi connectivity index (χ1) is 12.9. The molecule has 3 aromatic rings. The van der Waals surface area contributed by atoms with Crippen LogP contribution in [0.15, 0.2) is 61.4 Å². The molecule has 0 N–H and O–H groups in total. The van der Waals surface area contributed by atoms with E-state index < -0.39 is 0 Å². The molecule has 0 saturated heterocycles. The van der Waals surface area contributed by atoms with Gasteiger partial charge < -0.3 is 9.30 Å². The number of rotatable bonds is 6. The van der Waals surface area contributed by atoms with Crippen molar-refractivity contribution in [2.75, 3.05) is 13.2 Å². The zero-order valence-corrected chi connectivity index (χ0v) is 14.7. The fraction of sp³-hybridized carbons (Fsp3) is 0.350. The minimum atomic E-state index is 0.413. The van der Waals surface area contributed by atoms with E-state index in [1.807, 2.05) is 43.0 Å². The predicted octanol–water partition coefficient (Wildman–Crippen LogP) is 2.52. The van der Waals surface area contributed by atoms with Gasteiger partial charge in [0, 0.05) is 56.9 Å². The second-order valence-electron chi connectivity index (χ2n) is 6.76. The minimum Gasteiger partial charge on any atom is -0.376 e. The Hall–Kier alpha value is -2.57. The zero-order valence-electron chi connectivity index (χ0n) is 14.7. The quantitative estimate of drug-likeness (QED) is 0.684. The minimum absolute atomic E-state index is 0.413. The van der Waals surface area contributed by atoms with Crippen molar-refractivity contribution >= 4 is 0 Å². The Kier molecular flexibility index (Phi) is 5.33. The van der Waals surface area contributed by atoms with Crippen LogP contribution in [-0.2, 0) is 31.0 Å². The number of hydrogen-bond donors (Lipinski definition) is 0. The molecule has 6 nitrogen and oxygen atoms in total. The normalized spacial score (nSPS) is 17.6. The van der Waals surface area contributed by atoms with Crippen LogP contribution in [0.3, 0.4) is 0 Å². The summed E-state index contributed by atoms with van der Waals surface area (Å²) in [4.78, 5) is 15.3. The van der Waals surface area contributed by atoms with Crippen LogP contribution in [0.2, 0.25) is 0 Å². The lowest BCUT2D eigenvalue weighted by atomic mass is 10.1. The fourth-order valence-electron chi connectivity index (χ4n) is 3.41. The molecule has 0 aliphatic carbocycles. The highest BCUT2D eigenvalue weighted by Crippen LogP contribution is 2.18. The molecule has 0 bridgehead atoms. The van der Waals surface area contributed by atoms with E-state index in [4.69, 9.17) is 4.74 Å². The van der Waals surface area contributed by atoms with Gasteiger partial charge >= 0.3 is 0 Å². The van der Waals surface area contributed by atoms with E-state index in [1.54, 1.807) is 12.4 Å². The first-order valence-electron chi connectivity index (χ1n) is 8.95. The molecule has 0 amide bonds. The highest BCUT2D eigenvalue weighted by Gasteiger charge is 2.22. The van der Waals surface area contributed by atoms with E-state index in [2.05, 4.69) is 30.5 Å². The molecule has 0 radical (unpaired) electrons. The van der Waals surface area contributed by atoms with Gasteiger partial charge in [-0.3, -0.25) is 14.9 Å². The topological polar surface area (TPSA) is 56.1 Å². The molecule has 0 aromatic carbocycles. The number of nitrogens with zero attached hydrogens (tertiary/aromatic N) is 5. The molecule has 134 valence electrons. The molecule has 1 aliphatic heterocycles. The SMILES string of the molecule is c1ccc(CN2Cc3cncn3CC(COCc3ccncc3)C2)nc1. The van der Waals surface area contributed by atoms with Crippen LogP contribution in [-0.4, -0.2) is 37.6 Å². The molecule has 26 heavy (non-hydrogen) atoms. The van der Waals surface area contributed by atoms with Crippen molar-refractivity contribution in [1.82, 2.24) is 24.4 Å². The first-order valence-corrected chi connectivity index (χ1v) is 8.95. The summed E-state index contributed by atoms with van der Waals surface area (Å²) in [6, 6.07) is 10.1. The smallest absolute Gasteiger partial charge is 0.0948 e. The molecule has 3 aromatic heterocycles. The van der Waals surface area contributed by atoms with Gasteiger partial charge in [-0.05, 0) is 29.8 Å². The molecule has 1 aliphatic rings. The Morgan fingerprint density at radius 2 is 1.96 bits per heavy atom. The van der Waals surface area contributed by atoms with E-state index in [0.717, 1.165) is 44.0 Å². The second-order valence-corrected chi connectivity index (χ2v) is 6.76. The Morgan fingerprint density at radius 1 is 1.04 bits per heavy atom. The van der Waals surface area contributed by atoms with Gasteiger partial charge in [0.1, 0.15) is 0 Å². The molecule has 4 heterocycles. The molecule has 4 rings (SSSR count). The van der Waals surface area contributed by atoms with Crippen LogP contribution < -0.4 is 0 Å². The maximum atomic E-state index is 6.00. The zero-order chi connectivity index (χ0) is 17.6. The maximum Gasteiger partial charge on any atom is 0.0948 e. The first kappa shape index (κ1) is 16.9. The van der Waals surface area contributed by atoms with E-state index in [0.29, 0.717) is 12.5 Å². The van der Waals surface area contributed by atoms with Crippen LogP contribution >= 0.6 is 0 Å². The summed E-state index contributed by atoms with van der Waals surface area (Å²) in [5.74, 6) is 0.413. The van der Waals surface area contributed by atoms with Gasteiger partial charge in [-0.1, -0.05) is 6.07 Å². The van der Waals surface area contributed by atoms with E-state index >= 15 is 0 Å². The van der Waals surface area contributed by atoms with Crippen LogP contribution in [0, 0.1) is 5.92 Å². The molecule has 0 fully saturated rings. The molecule has 0 saturated carbocycles. The lowest BCUT2D eigenvalue weighted by Gasteiger charge is -2.23. The number of pyridine rings is 2. The van der Waals surface area contributed by atoms with Crippen molar-refractivity contribution in [1.29, 1.82) is 0 Å². The Balaban J connectivity index is 1.40. The van der Waals surface area contributed by atoms with Gasteiger partial charge in [0.15, 0.2) is 0 Å². The highest BCUT2D eigenvalue weighted by atomic mass is 16.5. The summed E-state index contributed by atoms with van der Waals surface area (Å²) in [7, 11) is 0. The predicted molar refractivity (Wildman–Crippen MR) is 98.0 cm³/mol. The summed E-state index contributed by atoms with van der Waals surface area (Å²) >= 11 is 0. The average molecular weight is 349 g/mol. The highest BCUT2D eigenvalue weighted by molar-refractivity contribution is 5.08. The van der Waals surface area contributed by atoms with Gasteiger partial charge in [0.2, 0.25) is 0 Å². The summed E-state index contributed by atoms with van der Waals surface area (Å²) in [6.07, 6.45) is 9.35. The van der Waals surface area contributed by atoms with Crippen molar-refractivity contribution < 1.29 is 4.74 Å². The van der Waals surface area contributed by atoms with E-state index in [9.17, 15) is 0 Å². The second kappa shape index (κ2) is 8.21. The van der Waals surface area contributed by atoms with Crippen LogP contribution in [0.4, 0.5) is 0 Å². The standard InChI is InChI=1S/C20H23N5O/c1-2-6-23-19(3-1)12-24-10-18(11-25-16-22-9-20(25)13-24)15-26-14-17-4-7-21-8-5-17/h1-9,16,18H,10-15H2. The molecule has 0 spiro atoms. The van der Waals surface area contributed by atoms with E-state index in [-0.39, 0.29) is 0 Å². The monoisotopic (exact) mass is 349 g/mol. The van der Waals surface area contributed by atoms with Crippen molar-refractivity contribution in [3.05, 3.63) is 78.4 Å². The number of aromatic nitrogens is 4. The molecular formula is C20H23N5O. The van der Waals surface area contributed by atoms with E-state index in [1.165, 1.54) is 5.69 Å². The van der Waals surface area contributed by atoms with Gasteiger partial charge in [-0.15, -0.1) is 0 Å². The maximum absolute atomic E-state index is 6.00. The lowest BCUT2D eigenvalue weighted by molar-refractivity contribution is 0.0663. The number of imidazole rings is 1. The summed E-state index contributed by atoms with van der Waals surface area (Å²) in [5, 5.41) is 0. The van der Waals surface area contributed by atoms with Crippen LogP contribution in [0.5, 0.6) is 0 Å². The molecule has 1 atom stereocenters. The number of hydrogen-bond acceptors (Lipinski definition) is 5. The van der Waals surface area contributed by atoms with Gasteiger partial charge in [-0.25, -0.2) is 4.98 Å². The van der Waals surface area contributed by atoms with Gasteiger partial charge in [0.25, 0.3) is 0 Å². The summed E-state index contributed by atoms with van der Waals surface area (Å²) in [6.45, 7) is 4.98. The molecule has 1 unspecified atom stereocenters. The lowest BCUT2D eigenvalue weighted by Crippen LogP contribution is -2.30. The van der Waals surface area contributed by atoms with Crippen LogP contribution in [0.25, 0.3) is 0 Å². The van der Waals surface area contributed by atoms with Gasteiger partial charge in [0.05, 0.1) is 30.9 Å². The molecular weight excluding hydrogens is 326 g/mol. The third-order valence-electron chi connectivity index (χ3n) is 4.64. The van der Waals surface area contributed by atoms with Gasteiger partial charge in [-0.2, -0.15) is 0 Å². The fourth-order valence-corrected chi connectivity index (χ4v) is 3.41. The number of ether oxygens (including phenoxy) is 1. The Morgan fingerprint density at radius 3 is 2.81 bits per heavy atom.